The molecule has 0 aromatic heterocycles. The minimum atomic E-state index is -0.853. The van der Waals surface area contributed by atoms with Crippen molar-refractivity contribution in [2.24, 2.45) is 11.8 Å². The number of carbonyl (C=O) groups is 2. The molecule has 1 aliphatic carbocycles. The van der Waals surface area contributed by atoms with Crippen LogP contribution in [-0.2, 0) is 4.79 Å². The summed E-state index contributed by atoms with van der Waals surface area (Å²) in [6.45, 7) is 2.00. The third-order valence-electron chi connectivity index (χ3n) is 4.60. The number of carboxylic acids is 1. The van der Waals surface area contributed by atoms with Crippen LogP contribution in [0.5, 0.6) is 0 Å². The SMILES string of the molecule is CN(C)CCN(C)C(=O)N1CC2CCCC2C1C(=O)O. The van der Waals surface area contributed by atoms with Crippen molar-refractivity contribution in [2.45, 2.75) is 25.3 Å². The molecule has 3 atom stereocenters. The van der Waals surface area contributed by atoms with E-state index in [2.05, 4.69) is 0 Å². The van der Waals surface area contributed by atoms with Crippen molar-refractivity contribution in [2.75, 3.05) is 40.8 Å². The summed E-state index contributed by atoms with van der Waals surface area (Å²) in [6.07, 6.45) is 3.09. The summed E-state index contributed by atoms with van der Waals surface area (Å²) in [6, 6.07) is -0.773. The number of aliphatic carboxylic acids is 1. The molecule has 1 N–H and O–H groups in total. The molecule has 0 radical (unpaired) electrons. The van der Waals surface area contributed by atoms with E-state index in [0.29, 0.717) is 19.0 Å². The maximum Gasteiger partial charge on any atom is 0.326 e. The van der Waals surface area contributed by atoms with Crippen molar-refractivity contribution < 1.29 is 14.7 Å². The van der Waals surface area contributed by atoms with Crippen molar-refractivity contribution in [1.82, 2.24) is 14.7 Å². The van der Waals surface area contributed by atoms with Crippen LogP contribution < -0.4 is 0 Å². The molecule has 0 aromatic rings. The lowest BCUT2D eigenvalue weighted by Gasteiger charge is -2.29. The predicted molar refractivity (Wildman–Crippen MR) is 75.5 cm³/mol. The van der Waals surface area contributed by atoms with Crippen LogP contribution in [0.2, 0.25) is 0 Å². The fraction of sp³-hybridized carbons (Fsp3) is 0.857. The van der Waals surface area contributed by atoms with Gasteiger partial charge in [-0.2, -0.15) is 0 Å². The highest BCUT2D eigenvalue weighted by molar-refractivity contribution is 5.83. The quantitative estimate of drug-likeness (QED) is 0.828. The molecule has 1 heterocycles. The first-order chi connectivity index (χ1) is 9.41. The molecule has 1 aliphatic heterocycles. The molecule has 3 unspecified atom stereocenters. The molecule has 2 fully saturated rings. The van der Waals surface area contributed by atoms with Crippen LogP contribution >= 0.6 is 0 Å². The summed E-state index contributed by atoms with van der Waals surface area (Å²) in [4.78, 5) is 29.2. The summed E-state index contributed by atoms with van der Waals surface area (Å²) in [7, 11) is 5.66. The summed E-state index contributed by atoms with van der Waals surface area (Å²) in [5, 5.41) is 9.46. The van der Waals surface area contributed by atoms with E-state index < -0.39 is 12.0 Å². The first-order valence-electron chi connectivity index (χ1n) is 7.31. The van der Waals surface area contributed by atoms with Crippen LogP contribution in [0.3, 0.4) is 0 Å². The Balaban J connectivity index is 2.03. The molecule has 1 saturated carbocycles. The van der Waals surface area contributed by atoms with Crippen molar-refractivity contribution in [3.63, 3.8) is 0 Å². The minimum Gasteiger partial charge on any atom is -0.480 e. The van der Waals surface area contributed by atoms with Crippen molar-refractivity contribution >= 4 is 12.0 Å². The smallest absolute Gasteiger partial charge is 0.326 e. The molecule has 6 heteroatoms. The summed E-state index contributed by atoms with van der Waals surface area (Å²) in [5.74, 6) is -0.324. The zero-order valence-electron chi connectivity index (χ0n) is 12.6. The number of carbonyl (C=O) groups excluding carboxylic acids is 1. The Labute approximate surface area is 120 Å². The summed E-state index contributed by atoms with van der Waals surface area (Å²) >= 11 is 0. The minimum absolute atomic E-state index is 0.145. The van der Waals surface area contributed by atoms with E-state index in [4.69, 9.17) is 0 Å². The van der Waals surface area contributed by atoms with Crippen molar-refractivity contribution in [1.29, 1.82) is 0 Å². The van der Waals surface area contributed by atoms with Crippen LogP contribution in [0.1, 0.15) is 19.3 Å². The van der Waals surface area contributed by atoms with Gasteiger partial charge in [0, 0.05) is 26.7 Å². The van der Waals surface area contributed by atoms with E-state index >= 15 is 0 Å². The van der Waals surface area contributed by atoms with E-state index in [1.165, 1.54) is 0 Å². The van der Waals surface area contributed by atoms with Gasteiger partial charge in [-0.1, -0.05) is 6.42 Å². The number of hydrogen-bond acceptors (Lipinski definition) is 3. The normalized spacial score (nSPS) is 28.8. The van der Waals surface area contributed by atoms with E-state index in [-0.39, 0.29) is 11.9 Å². The topological polar surface area (TPSA) is 64.1 Å². The second-order valence-electron chi connectivity index (χ2n) is 6.30. The Morgan fingerprint density at radius 3 is 2.50 bits per heavy atom. The Bertz CT molecular complexity index is 386. The number of rotatable bonds is 4. The van der Waals surface area contributed by atoms with Gasteiger partial charge in [-0.05, 0) is 38.8 Å². The van der Waals surface area contributed by atoms with Gasteiger partial charge in [0.25, 0.3) is 0 Å². The summed E-state index contributed by atoms with van der Waals surface area (Å²) < 4.78 is 0. The molecular formula is C14H25N3O3. The lowest BCUT2D eigenvalue weighted by Crippen LogP contribution is -2.49. The van der Waals surface area contributed by atoms with Gasteiger partial charge in [0.15, 0.2) is 0 Å². The van der Waals surface area contributed by atoms with E-state index in [1.807, 2.05) is 19.0 Å². The maximum absolute atomic E-state index is 12.5. The van der Waals surface area contributed by atoms with Gasteiger partial charge in [-0.25, -0.2) is 9.59 Å². The standard InChI is InChI=1S/C14H25N3O3/c1-15(2)7-8-16(3)14(20)17-9-10-5-4-6-11(10)12(17)13(18)19/h10-12H,4-9H2,1-3H3,(H,18,19). The lowest BCUT2D eigenvalue weighted by molar-refractivity contribution is -0.142. The number of nitrogens with zero attached hydrogens (tertiary/aromatic N) is 3. The Morgan fingerprint density at radius 1 is 1.20 bits per heavy atom. The number of urea groups is 1. The Kier molecular flexibility index (Phi) is 4.52. The largest absolute Gasteiger partial charge is 0.480 e. The molecule has 0 spiro atoms. The van der Waals surface area contributed by atoms with E-state index in [9.17, 15) is 14.7 Å². The van der Waals surface area contributed by atoms with Gasteiger partial charge in [-0.3, -0.25) is 0 Å². The number of fused-ring (bicyclic) bond motifs is 1. The molecule has 20 heavy (non-hydrogen) atoms. The van der Waals surface area contributed by atoms with Crippen molar-refractivity contribution in [3.05, 3.63) is 0 Å². The molecule has 2 amide bonds. The van der Waals surface area contributed by atoms with Gasteiger partial charge in [0.2, 0.25) is 0 Å². The number of likely N-dealkylation sites (tertiary alicyclic amines) is 1. The van der Waals surface area contributed by atoms with Gasteiger partial charge in [0.1, 0.15) is 6.04 Å². The Morgan fingerprint density at radius 2 is 1.90 bits per heavy atom. The number of carboxylic acid groups (broad SMARTS) is 1. The average molecular weight is 283 g/mol. The third kappa shape index (κ3) is 2.90. The highest BCUT2D eigenvalue weighted by atomic mass is 16.4. The fourth-order valence-electron chi connectivity index (χ4n) is 3.48. The van der Waals surface area contributed by atoms with Crippen LogP contribution in [-0.4, -0.2) is 78.6 Å². The monoisotopic (exact) mass is 283 g/mol. The number of amides is 2. The first-order valence-corrected chi connectivity index (χ1v) is 7.31. The van der Waals surface area contributed by atoms with Crippen LogP contribution in [0, 0.1) is 11.8 Å². The average Bonchev–Trinajstić information content (AvgIpc) is 2.93. The first kappa shape index (κ1) is 15.1. The molecule has 0 bridgehead atoms. The zero-order chi connectivity index (χ0) is 14.9. The molecule has 0 aromatic carbocycles. The fourth-order valence-corrected chi connectivity index (χ4v) is 3.48. The lowest BCUT2D eigenvalue weighted by atomic mass is 9.94. The third-order valence-corrected chi connectivity index (χ3v) is 4.60. The van der Waals surface area contributed by atoms with Crippen molar-refractivity contribution in [3.8, 4) is 0 Å². The molecule has 114 valence electrons. The second-order valence-corrected chi connectivity index (χ2v) is 6.30. The van der Waals surface area contributed by atoms with Gasteiger partial charge in [0.05, 0.1) is 0 Å². The van der Waals surface area contributed by atoms with Gasteiger partial charge < -0.3 is 19.8 Å². The van der Waals surface area contributed by atoms with Gasteiger partial charge in [-0.15, -0.1) is 0 Å². The van der Waals surface area contributed by atoms with E-state index in [0.717, 1.165) is 25.8 Å². The molecule has 6 nitrogen and oxygen atoms in total. The highest BCUT2D eigenvalue weighted by Crippen LogP contribution is 2.42. The number of hydrogen-bond donors (Lipinski definition) is 1. The second kappa shape index (κ2) is 5.99. The molecule has 2 aliphatic rings. The maximum atomic E-state index is 12.5. The van der Waals surface area contributed by atoms with Gasteiger partial charge >= 0.3 is 12.0 Å². The molecule has 1 saturated heterocycles. The molecule has 2 rings (SSSR count). The highest BCUT2D eigenvalue weighted by Gasteiger charge is 2.50. The van der Waals surface area contributed by atoms with E-state index in [1.54, 1.807) is 16.8 Å². The predicted octanol–water partition coefficient (Wildman–Crippen LogP) is 0.785. The molecular weight excluding hydrogens is 258 g/mol. The zero-order valence-corrected chi connectivity index (χ0v) is 12.6. The van der Waals surface area contributed by atoms with Crippen LogP contribution in [0.25, 0.3) is 0 Å². The number of likely N-dealkylation sites (N-methyl/N-ethyl adjacent to an activating group) is 2. The van der Waals surface area contributed by atoms with Crippen LogP contribution in [0.4, 0.5) is 4.79 Å². The van der Waals surface area contributed by atoms with Crippen LogP contribution in [0.15, 0.2) is 0 Å². The Hall–Kier alpha value is -1.30. The summed E-state index contributed by atoms with van der Waals surface area (Å²) in [5.41, 5.74) is 0.